The summed E-state index contributed by atoms with van der Waals surface area (Å²) in [5, 5.41) is 1.59. The van der Waals surface area contributed by atoms with E-state index in [2.05, 4.69) is 47.1 Å². The minimum Gasteiger partial charge on any atom is -0.268 e. The lowest BCUT2D eigenvalue weighted by Gasteiger charge is -2.14. The van der Waals surface area contributed by atoms with Crippen molar-refractivity contribution in [1.29, 1.82) is 0 Å². The minimum absolute atomic E-state index is 0.0634. The van der Waals surface area contributed by atoms with Crippen molar-refractivity contribution >= 4 is 49.2 Å². The van der Waals surface area contributed by atoms with Crippen LogP contribution >= 0.6 is 39.0 Å². The third kappa shape index (κ3) is 3.77. The average molecular weight is 497 g/mol. The normalized spacial score (nSPS) is 13.5. The van der Waals surface area contributed by atoms with Crippen molar-refractivity contribution in [2.75, 3.05) is 0 Å². The summed E-state index contributed by atoms with van der Waals surface area (Å²) in [5.74, 6) is 0.779. The number of thioether (sulfide) groups is 1. The van der Waals surface area contributed by atoms with Crippen LogP contribution in [0.3, 0.4) is 0 Å². The molecule has 0 saturated heterocycles. The van der Waals surface area contributed by atoms with Gasteiger partial charge in [0.1, 0.15) is 4.83 Å². The Bertz CT molecular complexity index is 1290. The Morgan fingerprint density at radius 1 is 1.13 bits per heavy atom. The molecule has 0 aliphatic heterocycles. The van der Waals surface area contributed by atoms with Crippen molar-refractivity contribution < 1.29 is 0 Å². The van der Waals surface area contributed by atoms with E-state index in [9.17, 15) is 4.79 Å². The number of nitrogens with zero attached hydrogens (tertiary/aromatic N) is 2. The van der Waals surface area contributed by atoms with Gasteiger partial charge < -0.3 is 0 Å². The molecule has 4 aromatic rings. The van der Waals surface area contributed by atoms with Gasteiger partial charge in [-0.05, 0) is 68.0 Å². The molecule has 1 aliphatic rings. The zero-order valence-corrected chi connectivity index (χ0v) is 19.9. The number of hydrogen-bond acceptors (Lipinski definition) is 4. The second-order valence-electron chi connectivity index (χ2n) is 7.68. The van der Waals surface area contributed by atoms with E-state index in [4.69, 9.17) is 4.98 Å². The topological polar surface area (TPSA) is 34.9 Å². The van der Waals surface area contributed by atoms with Crippen molar-refractivity contribution in [3.63, 3.8) is 0 Å². The first-order chi connectivity index (χ1) is 14.6. The molecule has 2 aromatic heterocycles. The van der Waals surface area contributed by atoms with E-state index in [0.29, 0.717) is 0 Å². The Labute approximate surface area is 192 Å². The summed E-state index contributed by atoms with van der Waals surface area (Å²) in [6.45, 7) is 2.10. The van der Waals surface area contributed by atoms with Gasteiger partial charge in [0.2, 0.25) is 0 Å². The number of thiophene rings is 1. The van der Waals surface area contributed by atoms with Crippen LogP contribution in [0.2, 0.25) is 0 Å². The van der Waals surface area contributed by atoms with Crippen molar-refractivity contribution in [3.05, 3.63) is 84.9 Å². The molecule has 0 saturated carbocycles. The molecule has 0 amide bonds. The van der Waals surface area contributed by atoms with Gasteiger partial charge in [0.15, 0.2) is 5.16 Å². The molecular weight excluding hydrogens is 476 g/mol. The predicted octanol–water partition coefficient (Wildman–Crippen LogP) is 6.69. The third-order valence-electron chi connectivity index (χ3n) is 5.49. The molecule has 0 spiro atoms. The van der Waals surface area contributed by atoms with Gasteiger partial charge in [0.25, 0.3) is 5.56 Å². The average Bonchev–Trinajstić information content (AvgIpc) is 3.12. The molecule has 2 aromatic carbocycles. The van der Waals surface area contributed by atoms with E-state index in [1.165, 1.54) is 28.0 Å². The summed E-state index contributed by atoms with van der Waals surface area (Å²) in [7, 11) is 0. The Balaban J connectivity index is 1.66. The monoisotopic (exact) mass is 496 g/mol. The van der Waals surface area contributed by atoms with Crippen LogP contribution in [0.5, 0.6) is 0 Å². The molecule has 152 valence electrons. The summed E-state index contributed by atoms with van der Waals surface area (Å²) in [6.07, 6.45) is 4.42. The second-order valence-corrected chi connectivity index (χ2v) is 10.6. The zero-order chi connectivity index (χ0) is 20.7. The highest BCUT2D eigenvalue weighted by molar-refractivity contribution is 9.10. The largest absolute Gasteiger partial charge is 0.268 e. The first-order valence-corrected chi connectivity index (χ1v) is 12.7. The smallest absolute Gasteiger partial charge is 0.267 e. The molecule has 1 aliphatic carbocycles. The number of aryl methyl sites for hydroxylation is 3. The van der Waals surface area contributed by atoms with E-state index in [0.717, 1.165) is 50.5 Å². The molecular formula is C24H21BrN2OS2. The number of benzene rings is 2. The standard InChI is InChI=1S/C24H21BrN2OS2/c1-15-5-4-6-16(13-15)14-29-24-26-22-21(19-7-2-3-8-20(19)30-22)23(28)27(24)18-11-9-17(25)10-12-18/h4-6,9-13H,2-3,7-8,14H2,1H3. The van der Waals surface area contributed by atoms with Crippen molar-refractivity contribution in [2.24, 2.45) is 0 Å². The fourth-order valence-corrected chi connectivity index (χ4v) is 6.57. The van der Waals surface area contributed by atoms with Gasteiger partial charge in [0, 0.05) is 15.1 Å². The third-order valence-corrected chi connectivity index (χ3v) is 8.22. The highest BCUT2D eigenvalue weighted by Gasteiger charge is 2.23. The molecule has 0 atom stereocenters. The molecule has 2 heterocycles. The van der Waals surface area contributed by atoms with Crippen molar-refractivity contribution in [3.8, 4) is 5.69 Å². The van der Waals surface area contributed by atoms with Crippen LogP contribution in [0.4, 0.5) is 0 Å². The molecule has 0 fully saturated rings. The summed E-state index contributed by atoms with van der Waals surface area (Å²) >= 11 is 6.84. The van der Waals surface area contributed by atoms with E-state index in [1.807, 2.05) is 24.3 Å². The summed E-state index contributed by atoms with van der Waals surface area (Å²) in [6, 6.07) is 16.4. The van der Waals surface area contributed by atoms with Gasteiger partial charge in [0.05, 0.1) is 11.1 Å². The van der Waals surface area contributed by atoms with Gasteiger partial charge >= 0.3 is 0 Å². The number of fused-ring (bicyclic) bond motifs is 3. The molecule has 5 rings (SSSR count). The van der Waals surface area contributed by atoms with Gasteiger partial charge in [-0.1, -0.05) is 57.5 Å². The second kappa shape index (κ2) is 8.33. The van der Waals surface area contributed by atoms with E-state index in [1.54, 1.807) is 27.7 Å². The maximum atomic E-state index is 13.7. The lowest BCUT2D eigenvalue weighted by atomic mass is 9.97. The quantitative estimate of drug-likeness (QED) is 0.233. The summed E-state index contributed by atoms with van der Waals surface area (Å²) in [4.78, 5) is 21.0. The molecule has 30 heavy (non-hydrogen) atoms. The Kier molecular flexibility index (Phi) is 5.56. The Morgan fingerprint density at radius 3 is 2.73 bits per heavy atom. The van der Waals surface area contributed by atoms with Crippen molar-refractivity contribution in [2.45, 2.75) is 43.5 Å². The first kappa shape index (κ1) is 20.0. The molecule has 0 bridgehead atoms. The van der Waals surface area contributed by atoms with Gasteiger partial charge in [-0.15, -0.1) is 11.3 Å². The Hall–Kier alpha value is -1.89. The zero-order valence-electron chi connectivity index (χ0n) is 16.7. The lowest BCUT2D eigenvalue weighted by molar-refractivity contribution is 0.699. The highest BCUT2D eigenvalue weighted by atomic mass is 79.9. The van der Waals surface area contributed by atoms with Crippen LogP contribution < -0.4 is 5.56 Å². The maximum absolute atomic E-state index is 13.7. The molecule has 3 nitrogen and oxygen atoms in total. The number of aromatic nitrogens is 2. The minimum atomic E-state index is 0.0634. The van der Waals surface area contributed by atoms with Crippen LogP contribution in [0.15, 0.2) is 63.0 Å². The summed E-state index contributed by atoms with van der Waals surface area (Å²) < 4.78 is 2.80. The first-order valence-electron chi connectivity index (χ1n) is 10.1. The predicted molar refractivity (Wildman–Crippen MR) is 130 cm³/mol. The number of halogens is 1. The highest BCUT2D eigenvalue weighted by Crippen LogP contribution is 2.35. The molecule has 0 N–H and O–H groups in total. The maximum Gasteiger partial charge on any atom is 0.267 e. The lowest BCUT2D eigenvalue weighted by Crippen LogP contribution is -2.22. The van der Waals surface area contributed by atoms with Crippen LogP contribution in [0, 0.1) is 6.92 Å². The van der Waals surface area contributed by atoms with Crippen LogP contribution in [-0.2, 0) is 18.6 Å². The van der Waals surface area contributed by atoms with E-state index in [-0.39, 0.29) is 5.56 Å². The fourth-order valence-electron chi connectivity index (χ4n) is 4.05. The van der Waals surface area contributed by atoms with Gasteiger partial charge in [-0.25, -0.2) is 4.98 Å². The molecule has 0 unspecified atom stereocenters. The number of rotatable bonds is 4. The van der Waals surface area contributed by atoms with E-state index >= 15 is 0 Å². The van der Waals surface area contributed by atoms with Crippen molar-refractivity contribution in [1.82, 2.24) is 9.55 Å². The fraction of sp³-hybridized carbons (Fsp3) is 0.250. The van der Waals surface area contributed by atoms with Gasteiger partial charge in [-0.3, -0.25) is 9.36 Å². The SMILES string of the molecule is Cc1cccc(CSc2nc3sc4c(c3c(=O)n2-c2ccc(Br)cc2)CCCC4)c1. The summed E-state index contributed by atoms with van der Waals surface area (Å²) in [5.41, 5.74) is 4.64. The molecule has 6 heteroatoms. The van der Waals surface area contributed by atoms with Crippen LogP contribution in [-0.4, -0.2) is 9.55 Å². The van der Waals surface area contributed by atoms with Gasteiger partial charge in [-0.2, -0.15) is 0 Å². The number of hydrogen-bond donors (Lipinski definition) is 0. The Morgan fingerprint density at radius 2 is 1.93 bits per heavy atom. The van der Waals surface area contributed by atoms with Crippen LogP contribution in [0.25, 0.3) is 15.9 Å². The van der Waals surface area contributed by atoms with Crippen LogP contribution in [0.1, 0.15) is 34.4 Å². The van der Waals surface area contributed by atoms with E-state index < -0.39 is 0 Å². The molecule has 0 radical (unpaired) electrons.